The molecule has 1 aliphatic rings. The molecule has 1 aliphatic heterocycles. The van der Waals surface area contributed by atoms with E-state index in [0.29, 0.717) is 23.3 Å². The summed E-state index contributed by atoms with van der Waals surface area (Å²) in [6.45, 7) is 4.74. The first-order valence-electron chi connectivity index (χ1n) is 7.45. The van der Waals surface area contributed by atoms with Crippen LogP contribution in [0.25, 0.3) is 0 Å². The smallest absolute Gasteiger partial charge is 0.133 e. The largest absolute Gasteiger partial charge is 0.398 e. The van der Waals surface area contributed by atoms with Crippen LogP contribution in [-0.2, 0) is 6.54 Å². The normalized spacial score (nSPS) is 18.8. The van der Waals surface area contributed by atoms with Crippen molar-refractivity contribution in [1.82, 2.24) is 10.1 Å². The summed E-state index contributed by atoms with van der Waals surface area (Å²) in [5.74, 6) is 0.828. The molecule has 1 fully saturated rings. The average molecular weight is 321 g/mol. The standard InChI is InChI=1S/C16H21ClN4O/c1-11-7-12(19-22-11)9-21(14-5-6-20(2)10-14)13-3-4-16(18)15(17)8-13/h3-4,7-8,14H,5-6,9-10,18H2,1-2H3. The highest BCUT2D eigenvalue weighted by molar-refractivity contribution is 6.33. The van der Waals surface area contributed by atoms with Gasteiger partial charge in [-0.25, -0.2) is 0 Å². The van der Waals surface area contributed by atoms with Crippen molar-refractivity contribution in [3.8, 4) is 0 Å². The van der Waals surface area contributed by atoms with Gasteiger partial charge in [0.2, 0.25) is 0 Å². The van der Waals surface area contributed by atoms with Gasteiger partial charge < -0.3 is 20.1 Å². The predicted octanol–water partition coefficient (Wildman–Crippen LogP) is 2.93. The first-order chi connectivity index (χ1) is 10.5. The van der Waals surface area contributed by atoms with Crippen molar-refractivity contribution in [2.75, 3.05) is 30.8 Å². The molecule has 22 heavy (non-hydrogen) atoms. The van der Waals surface area contributed by atoms with Crippen molar-refractivity contribution in [3.63, 3.8) is 0 Å². The summed E-state index contributed by atoms with van der Waals surface area (Å²) in [6, 6.07) is 8.22. The molecule has 5 nitrogen and oxygen atoms in total. The molecule has 0 aliphatic carbocycles. The van der Waals surface area contributed by atoms with Crippen LogP contribution in [0, 0.1) is 6.92 Å². The number of nitrogens with two attached hydrogens (primary N) is 1. The number of nitrogen functional groups attached to an aromatic ring is 1. The minimum Gasteiger partial charge on any atom is -0.398 e. The Labute approximate surface area is 135 Å². The van der Waals surface area contributed by atoms with Crippen LogP contribution in [0.3, 0.4) is 0 Å². The third-order valence-corrected chi connectivity index (χ3v) is 4.46. The first-order valence-corrected chi connectivity index (χ1v) is 7.83. The van der Waals surface area contributed by atoms with E-state index in [2.05, 4.69) is 22.0 Å². The molecule has 0 radical (unpaired) electrons. The highest BCUT2D eigenvalue weighted by atomic mass is 35.5. The number of likely N-dealkylation sites (N-methyl/N-ethyl adjacent to an activating group) is 1. The monoisotopic (exact) mass is 320 g/mol. The van der Waals surface area contributed by atoms with E-state index in [1.807, 2.05) is 31.2 Å². The number of hydrogen-bond acceptors (Lipinski definition) is 5. The van der Waals surface area contributed by atoms with Crippen LogP contribution in [0.4, 0.5) is 11.4 Å². The van der Waals surface area contributed by atoms with Crippen LogP contribution >= 0.6 is 11.6 Å². The second-order valence-electron chi connectivity index (χ2n) is 5.97. The number of rotatable bonds is 4. The first kappa shape index (κ1) is 15.2. The minimum absolute atomic E-state index is 0.432. The van der Waals surface area contributed by atoms with E-state index < -0.39 is 0 Å². The number of aryl methyl sites for hydroxylation is 1. The second kappa shape index (κ2) is 6.18. The molecule has 0 bridgehead atoms. The molecule has 1 aromatic carbocycles. The molecule has 3 rings (SSSR count). The van der Waals surface area contributed by atoms with E-state index in [4.69, 9.17) is 21.9 Å². The lowest BCUT2D eigenvalue weighted by Gasteiger charge is -2.30. The Kier molecular flexibility index (Phi) is 4.27. The van der Waals surface area contributed by atoms with Crippen molar-refractivity contribution in [2.45, 2.75) is 25.9 Å². The summed E-state index contributed by atoms with van der Waals surface area (Å²) in [5, 5.41) is 4.71. The van der Waals surface area contributed by atoms with Crippen molar-refractivity contribution in [2.24, 2.45) is 0 Å². The Bertz CT molecular complexity index is 657. The van der Waals surface area contributed by atoms with Crippen LogP contribution < -0.4 is 10.6 Å². The maximum atomic E-state index is 6.20. The highest BCUT2D eigenvalue weighted by Crippen LogP contribution is 2.30. The fraction of sp³-hybridized carbons (Fsp3) is 0.438. The Morgan fingerprint density at radius 1 is 1.45 bits per heavy atom. The number of nitrogens with zero attached hydrogens (tertiary/aromatic N) is 3. The van der Waals surface area contributed by atoms with Crippen LogP contribution in [0.1, 0.15) is 17.9 Å². The SMILES string of the molecule is Cc1cc(CN(c2ccc(N)c(Cl)c2)C2CCN(C)C2)no1. The summed E-state index contributed by atoms with van der Waals surface area (Å²) >= 11 is 6.20. The number of anilines is 2. The van der Waals surface area contributed by atoms with Gasteiger partial charge in [0.1, 0.15) is 11.5 Å². The lowest BCUT2D eigenvalue weighted by molar-refractivity contribution is 0.387. The molecule has 1 aromatic heterocycles. The Morgan fingerprint density at radius 3 is 2.86 bits per heavy atom. The zero-order valence-electron chi connectivity index (χ0n) is 12.9. The number of halogens is 1. The fourth-order valence-corrected chi connectivity index (χ4v) is 3.13. The van der Waals surface area contributed by atoms with Gasteiger partial charge >= 0.3 is 0 Å². The van der Waals surface area contributed by atoms with Crippen LogP contribution in [0.5, 0.6) is 0 Å². The maximum Gasteiger partial charge on any atom is 0.133 e. The fourth-order valence-electron chi connectivity index (χ4n) is 2.96. The molecule has 0 saturated carbocycles. The van der Waals surface area contributed by atoms with Gasteiger partial charge in [-0.05, 0) is 45.1 Å². The van der Waals surface area contributed by atoms with Crippen LogP contribution in [0.15, 0.2) is 28.8 Å². The summed E-state index contributed by atoms with van der Waals surface area (Å²) in [6.07, 6.45) is 1.12. The Hall–Kier alpha value is -1.72. The van der Waals surface area contributed by atoms with Crippen molar-refractivity contribution in [3.05, 3.63) is 40.7 Å². The van der Waals surface area contributed by atoms with E-state index in [1.54, 1.807) is 0 Å². The lowest BCUT2D eigenvalue weighted by atomic mass is 10.1. The molecule has 1 unspecified atom stereocenters. The average Bonchev–Trinajstić information content (AvgIpc) is 3.08. The molecule has 1 atom stereocenters. The Morgan fingerprint density at radius 2 is 2.27 bits per heavy atom. The molecule has 2 aromatic rings. The molecular formula is C16H21ClN4O. The summed E-state index contributed by atoms with van der Waals surface area (Å²) < 4.78 is 5.19. The zero-order chi connectivity index (χ0) is 15.7. The van der Waals surface area contributed by atoms with E-state index in [1.165, 1.54) is 0 Å². The topological polar surface area (TPSA) is 58.5 Å². The molecular weight excluding hydrogens is 300 g/mol. The van der Waals surface area contributed by atoms with Crippen molar-refractivity contribution >= 4 is 23.0 Å². The van der Waals surface area contributed by atoms with E-state index in [-0.39, 0.29) is 0 Å². The van der Waals surface area contributed by atoms with E-state index in [9.17, 15) is 0 Å². The van der Waals surface area contributed by atoms with E-state index in [0.717, 1.165) is 36.7 Å². The number of hydrogen-bond donors (Lipinski definition) is 1. The van der Waals surface area contributed by atoms with Gasteiger partial charge in [-0.1, -0.05) is 16.8 Å². The van der Waals surface area contributed by atoms with Gasteiger partial charge in [-0.15, -0.1) is 0 Å². The molecule has 0 spiro atoms. The number of benzene rings is 1. The third kappa shape index (κ3) is 3.20. The zero-order valence-corrected chi connectivity index (χ0v) is 13.7. The van der Waals surface area contributed by atoms with Gasteiger partial charge in [0, 0.05) is 24.3 Å². The molecule has 2 N–H and O–H groups in total. The van der Waals surface area contributed by atoms with Crippen molar-refractivity contribution < 1.29 is 4.52 Å². The second-order valence-corrected chi connectivity index (χ2v) is 6.37. The molecule has 2 heterocycles. The number of aromatic nitrogens is 1. The minimum atomic E-state index is 0.432. The maximum absolute atomic E-state index is 6.20. The van der Waals surface area contributed by atoms with Crippen LogP contribution in [-0.4, -0.2) is 36.2 Å². The highest BCUT2D eigenvalue weighted by Gasteiger charge is 2.27. The third-order valence-electron chi connectivity index (χ3n) is 4.13. The molecule has 0 amide bonds. The summed E-state index contributed by atoms with van der Waals surface area (Å²) in [4.78, 5) is 4.68. The van der Waals surface area contributed by atoms with Crippen molar-refractivity contribution in [1.29, 1.82) is 0 Å². The van der Waals surface area contributed by atoms with Gasteiger partial charge in [0.25, 0.3) is 0 Å². The van der Waals surface area contributed by atoms with Gasteiger partial charge in [0.05, 0.1) is 17.3 Å². The van der Waals surface area contributed by atoms with Crippen LogP contribution in [0.2, 0.25) is 5.02 Å². The summed E-state index contributed by atoms with van der Waals surface area (Å²) in [5.41, 5.74) is 8.44. The molecule has 1 saturated heterocycles. The van der Waals surface area contributed by atoms with Gasteiger partial charge in [-0.3, -0.25) is 0 Å². The lowest BCUT2D eigenvalue weighted by Crippen LogP contribution is -2.36. The number of likely N-dealkylation sites (tertiary alicyclic amines) is 1. The van der Waals surface area contributed by atoms with Gasteiger partial charge in [-0.2, -0.15) is 0 Å². The predicted molar refractivity (Wildman–Crippen MR) is 89.2 cm³/mol. The summed E-state index contributed by atoms with van der Waals surface area (Å²) in [7, 11) is 2.15. The molecule has 6 heteroatoms. The molecule has 118 valence electrons. The Balaban J connectivity index is 1.89. The van der Waals surface area contributed by atoms with E-state index >= 15 is 0 Å². The van der Waals surface area contributed by atoms with Gasteiger partial charge in [0.15, 0.2) is 0 Å². The quantitative estimate of drug-likeness (QED) is 0.878.